The Hall–Kier alpha value is -1.44. The molecule has 2 rings (SSSR count). The first-order valence-electron chi connectivity index (χ1n) is 6.21. The van der Waals surface area contributed by atoms with Crippen molar-refractivity contribution in [1.29, 1.82) is 0 Å². The molecule has 0 atom stereocenters. The zero-order valence-electron chi connectivity index (χ0n) is 10.5. The second-order valence-corrected chi connectivity index (χ2v) is 5.00. The van der Waals surface area contributed by atoms with Gasteiger partial charge in [-0.3, -0.25) is 9.59 Å². The van der Waals surface area contributed by atoms with Gasteiger partial charge in [-0.1, -0.05) is 23.8 Å². The minimum Gasteiger partial charge on any atom is -0.300 e. The van der Waals surface area contributed by atoms with Crippen LogP contribution < -0.4 is 0 Å². The summed E-state index contributed by atoms with van der Waals surface area (Å²) in [6, 6.07) is 5.94. The zero-order chi connectivity index (χ0) is 12.4. The average Bonchev–Trinajstić information content (AvgIpc) is 2.29. The van der Waals surface area contributed by atoms with Crippen LogP contribution >= 0.6 is 0 Å². The molecule has 0 saturated heterocycles. The number of carbonyl (C=O) groups excluding carboxylic acids is 2. The topological polar surface area (TPSA) is 34.1 Å². The molecule has 0 amide bonds. The van der Waals surface area contributed by atoms with Gasteiger partial charge in [0.05, 0.1) is 0 Å². The molecule has 1 saturated carbocycles. The van der Waals surface area contributed by atoms with E-state index in [9.17, 15) is 9.59 Å². The largest absolute Gasteiger partial charge is 0.300 e. The number of Topliss-reactive ketones (excluding diaryl/α,β-unsaturated/α-hetero) is 2. The molecular formula is C15H18O2. The number of hydrogen-bond acceptors (Lipinski definition) is 2. The van der Waals surface area contributed by atoms with Gasteiger partial charge in [-0.05, 0) is 32.3 Å². The lowest BCUT2D eigenvalue weighted by molar-refractivity contribution is -0.120. The number of rotatable bonds is 2. The van der Waals surface area contributed by atoms with Gasteiger partial charge in [0.25, 0.3) is 0 Å². The van der Waals surface area contributed by atoms with Crippen LogP contribution in [0.4, 0.5) is 0 Å². The van der Waals surface area contributed by atoms with Crippen LogP contribution in [0, 0.1) is 19.8 Å². The van der Waals surface area contributed by atoms with E-state index in [1.165, 1.54) is 5.56 Å². The third-order valence-corrected chi connectivity index (χ3v) is 3.56. The Labute approximate surface area is 102 Å². The Morgan fingerprint density at radius 1 is 1.18 bits per heavy atom. The van der Waals surface area contributed by atoms with Gasteiger partial charge in [0, 0.05) is 24.3 Å². The quantitative estimate of drug-likeness (QED) is 0.731. The van der Waals surface area contributed by atoms with Gasteiger partial charge in [0.1, 0.15) is 5.78 Å². The number of aryl methyl sites for hydroxylation is 2. The second-order valence-electron chi connectivity index (χ2n) is 5.00. The van der Waals surface area contributed by atoms with Gasteiger partial charge in [0.2, 0.25) is 0 Å². The summed E-state index contributed by atoms with van der Waals surface area (Å²) in [5.41, 5.74) is 3.06. The Morgan fingerprint density at radius 2 is 1.82 bits per heavy atom. The van der Waals surface area contributed by atoms with E-state index in [1.807, 2.05) is 32.0 Å². The van der Waals surface area contributed by atoms with Crippen molar-refractivity contribution in [2.45, 2.75) is 39.5 Å². The van der Waals surface area contributed by atoms with Crippen LogP contribution in [0.5, 0.6) is 0 Å². The summed E-state index contributed by atoms with van der Waals surface area (Å²) in [5.74, 6) is 0.568. The van der Waals surface area contributed by atoms with E-state index >= 15 is 0 Å². The first-order chi connectivity index (χ1) is 8.08. The Kier molecular flexibility index (Phi) is 3.41. The van der Waals surface area contributed by atoms with E-state index in [1.54, 1.807) is 0 Å². The van der Waals surface area contributed by atoms with Crippen LogP contribution in [0.1, 0.15) is 47.2 Å². The van der Waals surface area contributed by atoms with Crippen molar-refractivity contribution in [3.05, 3.63) is 34.9 Å². The van der Waals surface area contributed by atoms with Crippen molar-refractivity contribution < 1.29 is 9.59 Å². The smallest absolute Gasteiger partial charge is 0.166 e. The highest BCUT2D eigenvalue weighted by Gasteiger charge is 2.26. The highest BCUT2D eigenvalue weighted by molar-refractivity contribution is 6.00. The van der Waals surface area contributed by atoms with Crippen molar-refractivity contribution >= 4 is 11.6 Å². The highest BCUT2D eigenvalue weighted by Crippen LogP contribution is 2.26. The lowest BCUT2D eigenvalue weighted by atomic mass is 9.82. The van der Waals surface area contributed by atoms with Crippen LogP contribution in [-0.2, 0) is 4.79 Å². The van der Waals surface area contributed by atoms with Gasteiger partial charge in [-0.2, -0.15) is 0 Å². The molecule has 17 heavy (non-hydrogen) atoms. The fourth-order valence-electron chi connectivity index (χ4n) is 2.51. The number of benzene rings is 1. The molecule has 0 N–H and O–H groups in total. The molecule has 1 aromatic rings. The molecule has 2 nitrogen and oxygen atoms in total. The van der Waals surface area contributed by atoms with Crippen LogP contribution in [0.15, 0.2) is 18.2 Å². The van der Waals surface area contributed by atoms with E-state index in [0.717, 1.165) is 24.0 Å². The number of hydrogen-bond donors (Lipinski definition) is 0. The molecule has 0 bridgehead atoms. The lowest BCUT2D eigenvalue weighted by Gasteiger charge is -2.20. The Balaban J connectivity index is 2.16. The van der Waals surface area contributed by atoms with Gasteiger partial charge in [-0.25, -0.2) is 0 Å². The maximum atomic E-state index is 12.3. The standard InChI is InChI=1S/C15H18O2/c1-10-3-8-14(11(2)9-10)15(17)12-4-6-13(16)7-5-12/h3,8-9,12H,4-7H2,1-2H3. The molecule has 1 aliphatic rings. The summed E-state index contributed by atoms with van der Waals surface area (Å²) in [6.45, 7) is 4.01. The monoisotopic (exact) mass is 230 g/mol. The summed E-state index contributed by atoms with van der Waals surface area (Å²) in [7, 11) is 0. The molecular weight excluding hydrogens is 212 g/mol. The van der Waals surface area contributed by atoms with Crippen molar-refractivity contribution in [2.75, 3.05) is 0 Å². The summed E-state index contributed by atoms with van der Waals surface area (Å²) < 4.78 is 0. The SMILES string of the molecule is Cc1ccc(C(=O)C2CCC(=O)CC2)c(C)c1. The van der Waals surface area contributed by atoms with Crippen molar-refractivity contribution in [1.82, 2.24) is 0 Å². The summed E-state index contributed by atoms with van der Waals surface area (Å²) >= 11 is 0. The molecule has 1 fully saturated rings. The summed E-state index contributed by atoms with van der Waals surface area (Å²) in [5, 5.41) is 0. The number of carbonyl (C=O) groups is 2. The van der Waals surface area contributed by atoms with Crippen LogP contribution in [0.2, 0.25) is 0 Å². The molecule has 1 aromatic carbocycles. The highest BCUT2D eigenvalue weighted by atomic mass is 16.1. The predicted octanol–water partition coefficient (Wildman–Crippen LogP) is 3.25. The average molecular weight is 230 g/mol. The van der Waals surface area contributed by atoms with Crippen molar-refractivity contribution in [3.8, 4) is 0 Å². The van der Waals surface area contributed by atoms with Gasteiger partial charge in [0.15, 0.2) is 5.78 Å². The molecule has 0 spiro atoms. The molecule has 0 radical (unpaired) electrons. The zero-order valence-corrected chi connectivity index (χ0v) is 10.5. The van der Waals surface area contributed by atoms with E-state index < -0.39 is 0 Å². The van der Waals surface area contributed by atoms with E-state index in [-0.39, 0.29) is 11.7 Å². The van der Waals surface area contributed by atoms with Crippen LogP contribution in [0.25, 0.3) is 0 Å². The Bertz CT molecular complexity index is 450. The van der Waals surface area contributed by atoms with Gasteiger partial charge < -0.3 is 0 Å². The fourth-order valence-corrected chi connectivity index (χ4v) is 2.51. The molecule has 1 aliphatic carbocycles. The summed E-state index contributed by atoms with van der Waals surface area (Å²) in [6.07, 6.45) is 2.60. The molecule has 0 heterocycles. The summed E-state index contributed by atoms with van der Waals surface area (Å²) in [4.78, 5) is 23.5. The maximum Gasteiger partial charge on any atom is 0.166 e. The van der Waals surface area contributed by atoms with E-state index in [0.29, 0.717) is 18.6 Å². The third kappa shape index (κ3) is 2.63. The first-order valence-corrected chi connectivity index (χ1v) is 6.21. The number of ketones is 2. The molecule has 90 valence electrons. The van der Waals surface area contributed by atoms with Crippen LogP contribution in [-0.4, -0.2) is 11.6 Å². The lowest BCUT2D eigenvalue weighted by Crippen LogP contribution is -2.22. The Morgan fingerprint density at radius 3 is 2.41 bits per heavy atom. The first kappa shape index (κ1) is 12.0. The second kappa shape index (κ2) is 4.82. The van der Waals surface area contributed by atoms with Gasteiger partial charge >= 0.3 is 0 Å². The molecule has 2 heteroatoms. The fraction of sp³-hybridized carbons (Fsp3) is 0.467. The predicted molar refractivity (Wildman–Crippen MR) is 67.2 cm³/mol. The van der Waals surface area contributed by atoms with Crippen molar-refractivity contribution in [2.24, 2.45) is 5.92 Å². The molecule has 0 aliphatic heterocycles. The van der Waals surface area contributed by atoms with E-state index in [4.69, 9.17) is 0 Å². The minimum absolute atomic E-state index is 0.0501. The van der Waals surface area contributed by atoms with Crippen LogP contribution in [0.3, 0.4) is 0 Å². The maximum absolute atomic E-state index is 12.3. The molecule has 0 aromatic heterocycles. The van der Waals surface area contributed by atoms with Crippen molar-refractivity contribution in [3.63, 3.8) is 0 Å². The third-order valence-electron chi connectivity index (χ3n) is 3.56. The van der Waals surface area contributed by atoms with E-state index in [2.05, 4.69) is 0 Å². The molecule has 0 unspecified atom stereocenters. The van der Waals surface area contributed by atoms with Gasteiger partial charge in [-0.15, -0.1) is 0 Å². The normalized spacial score (nSPS) is 17.2. The minimum atomic E-state index is 0.0501.